The highest BCUT2D eigenvalue weighted by molar-refractivity contribution is 5.98. The van der Waals surface area contributed by atoms with Crippen molar-refractivity contribution in [3.63, 3.8) is 0 Å². The second-order valence-electron chi connectivity index (χ2n) is 7.18. The van der Waals surface area contributed by atoms with Gasteiger partial charge in [0.05, 0.1) is 23.7 Å². The van der Waals surface area contributed by atoms with Crippen LogP contribution in [0.15, 0.2) is 82.7 Å². The third kappa shape index (κ3) is 4.48. The Bertz CT molecular complexity index is 1290. The molecule has 1 aromatic heterocycles. The lowest BCUT2D eigenvalue weighted by molar-refractivity contribution is 0.289. The second kappa shape index (κ2) is 8.83. The van der Waals surface area contributed by atoms with Gasteiger partial charge >= 0.3 is 0 Å². The van der Waals surface area contributed by atoms with Crippen molar-refractivity contribution in [2.45, 2.75) is 20.5 Å². The molecule has 0 spiro atoms. The molecule has 0 aliphatic carbocycles. The minimum atomic E-state index is -0.235. The molecule has 0 unspecified atom stereocenters. The lowest BCUT2D eigenvalue weighted by Crippen LogP contribution is -2.24. The van der Waals surface area contributed by atoms with Crippen LogP contribution in [0.5, 0.6) is 11.5 Å². The average molecular weight is 413 g/mol. The highest BCUT2D eigenvalue weighted by Gasteiger charge is 2.12. The molecule has 0 aliphatic rings. The number of aromatic nitrogens is 2. The molecule has 0 atom stereocenters. The summed E-state index contributed by atoms with van der Waals surface area (Å²) in [5.41, 5.74) is 3.09. The summed E-state index contributed by atoms with van der Waals surface area (Å²) in [4.78, 5) is 17.9. The third-order valence-electron chi connectivity index (χ3n) is 4.97. The largest absolute Gasteiger partial charge is 0.497 e. The van der Waals surface area contributed by atoms with Gasteiger partial charge in [0, 0.05) is 0 Å². The molecule has 6 heteroatoms. The van der Waals surface area contributed by atoms with Crippen molar-refractivity contribution in [2.24, 2.45) is 5.10 Å². The van der Waals surface area contributed by atoms with Crippen LogP contribution < -0.4 is 15.0 Å². The number of methoxy groups -OCH3 is 1. The van der Waals surface area contributed by atoms with E-state index in [1.54, 1.807) is 13.2 Å². The maximum absolute atomic E-state index is 13.2. The summed E-state index contributed by atoms with van der Waals surface area (Å²) in [6, 6.07) is 22.5. The number of rotatable bonds is 6. The predicted molar refractivity (Wildman–Crippen MR) is 122 cm³/mol. The molecule has 4 rings (SSSR count). The first-order valence-corrected chi connectivity index (χ1v) is 9.95. The quantitative estimate of drug-likeness (QED) is 0.435. The lowest BCUT2D eigenvalue weighted by Gasteiger charge is -2.12. The SMILES string of the molecule is COc1ccc(/C(C)=N\n2c(COc3ccc(C)cc3)nc3ccccc3c2=O)cc1. The number of fused-ring (bicyclic) bond motifs is 1. The molecule has 0 amide bonds. The molecule has 6 nitrogen and oxygen atoms in total. The number of benzene rings is 3. The van der Waals surface area contributed by atoms with Crippen LogP contribution in [0, 0.1) is 6.92 Å². The van der Waals surface area contributed by atoms with Gasteiger partial charge in [0.25, 0.3) is 5.56 Å². The fourth-order valence-electron chi connectivity index (χ4n) is 3.19. The van der Waals surface area contributed by atoms with Gasteiger partial charge in [-0.25, -0.2) is 4.98 Å². The van der Waals surface area contributed by atoms with E-state index in [0.717, 1.165) is 16.9 Å². The van der Waals surface area contributed by atoms with E-state index in [1.165, 1.54) is 4.68 Å². The Hall–Kier alpha value is -3.93. The van der Waals surface area contributed by atoms with Crippen molar-refractivity contribution >= 4 is 16.6 Å². The summed E-state index contributed by atoms with van der Waals surface area (Å²) < 4.78 is 12.4. The first-order valence-electron chi connectivity index (χ1n) is 9.95. The van der Waals surface area contributed by atoms with Gasteiger partial charge in [-0.05, 0) is 67.9 Å². The number of ether oxygens (including phenoxy) is 2. The third-order valence-corrected chi connectivity index (χ3v) is 4.97. The second-order valence-corrected chi connectivity index (χ2v) is 7.18. The molecule has 3 aromatic carbocycles. The Balaban J connectivity index is 1.75. The first-order chi connectivity index (χ1) is 15.0. The van der Waals surface area contributed by atoms with E-state index >= 15 is 0 Å². The van der Waals surface area contributed by atoms with Crippen molar-refractivity contribution in [3.05, 3.63) is 100 Å². The Morgan fingerprint density at radius 1 is 0.968 bits per heavy atom. The molecule has 0 saturated carbocycles. The lowest BCUT2D eigenvalue weighted by atomic mass is 10.1. The van der Waals surface area contributed by atoms with E-state index in [-0.39, 0.29) is 12.2 Å². The normalized spacial score (nSPS) is 11.5. The van der Waals surface area contributed by atoms with Crippen molar-refractivity contribution in [3.8, 4) is 11.5 Å². The molecular formula is C25H23N3O3. The molecule has 0 fully saturated rings. The standard InChI is InChI=1S/C25H23N3O3/c1-17-8-12-21(13-9-17)31-16-24-26-23-7-5-4-6-22(23)25(29)28(24)27-18(2)19-10-14-20(30-3)15-11-19/h4-15H,16H2,1-3H3/b27-18-. The van der Waals surface area contributed by atoms with Crippen LogP contribution in [-0.2, 0) is 6.61 Å². The molecular weight excluding hydrogens is 390 g/mol. The highest BCUT2D eigenvalue weighted by Crippen LogP contribution is 2.16. The molecule has 4 aromatic rings. The minimum Gasteiger partial charge on any atom is -0.497 e. The summed E-state index contributed by atoms with van der Waals surface area (Å²) in [5, 5.41) is 5.11. The van der Waals surface area contributed by atoms with Gasteiger partial charge in [-0.3, -0.25) is 4.79 Å². The van der Waals surface area contributed by atoms with Crippen LogP contribution in [-0.4, -0.2) is 22.5 Å². The van der Waals surface area contributed by atoms with E-state index in [2.05, 4.69) is 10.1 Å². The van der Waals surface area contributed by atoms with Gasteiger partial charge in [0.15, 0.2) is 5.82 Å². The van der Waals surface area contributed by atoms with E-state index in [4.69, 9.17) is 9.47 Å². The smallest absolute Gasteiger partial charge is 0.282 e. The number of hydrogen-bond acceptors (Lipinski definition) is 5. The van der Waals surface area contributed by atoms with Crippen LogP contribution in [0.3, 0.4) is 0 Å². The van der Waals surface area contributed by atoms with Crippen LogP contribution in [0.1, 0.15) is 23.9 Å². The average Bonchev–Trinajstić information content (AvgIpc) is 2.81. The Morgan fingerprint density at radius 3 is 2.35 bits per heavy atom. The Kier molecular flexibility index (Phi) is 5.80. The molecule has 1 heterocycles. The Labute approximate surface area is 180 Å². The summed E-state index contributed by atoms with van der Waals surface area (Å²) in [7, 11) is 1.62. The van der Waals surface area contributed by atoms with Gasteiger partial charge in [0.2, 0.25) is 0 Å². The van der Waals surface area contributed by atoms with Gasteiger partial charge in [-0.1, -0.05) is 29.8 Å². The predicted octanol–water partition coefficient (Wildman–Crippen LogP) is 4.56. The zero-order chi connectivity index (χ0) is 21.8. The first kappa shape index (κ1) is 20.3. The van der Waals surface area contributed by atoms with Crippen LogP contribution in [0.2, 0.25) is 0 Å². The van der Waals surface area contributed by atoms with Crippen molar-refractivity contribution in [2.75, 3.05) is 7.11 Å². The zero-order valence-electron chi connectivity index (χ0n) is 17.7. The monoisotopic (exact) mass is 413 g/mol. The maximum Gasteiger partial charge on any atom is 0.282 e. The number of nitrogens with zero attached hydrogens (tertiary/aromatic N) is 3. The number of aryl methyl sites for hydroxylation is 1. The highest BCUT2D eigenvalue weighted by atomic mass is 16.5. The molecule has 156 valence electrons. The van der Waals surface area contributed by atoms with Crippen LogP contribution in [0.25, 0.3) is 10.9 Å². The number of para-hydroxylation sites is 1. The molecule has 31 heavy (non-hydrogen) atoms. The molecule has 0 saturated heterocycles. The summed E-state index contributed by atoms with van der Waals surface area (Å²) >= 11 is 0. The van der Waals surface area contributed by atoms with Gasteiger partial charge in [-0.15, -0.1) is 0 Å². The molecule has 0 radical (unpaired) electrons. The van der Waals surface area contributed by atoms with E-state index in [0.29, 0.717) is 28.2 Å². The van der Waals surface area contributed by atoms with Crippen molar-refractivity contribution in [1.29, 1.82) is 0 Å². The van der Waals surface area contributed by atoms with Gasteiger partial charge in [-0.2, -0.15) is 9.78 Å². The van der Waals surface area contributed by atoms with E-state index in [1.807, 2.05) is 80.6 Å². The summed E-state index contributed by atoms with van der Waals surface area (Å²) in [5.74, 6) is 1.89. The topological polar surface area (TPSA) is 65.7 Å². The van der Waals surface area contributed by atoms with Gasteiger partial charge in [0.1, 0.15) is 18.1 Å². The minimum absolute atomic E-state index is 0.114. The van der Waals surface area contributed by atoms with Crippen molar-refractivity contribution < 1.29 is 9.47 Å². The fraction of sp³-hybridized carbons (Fsp3) is 0.160. The summed E-state index contributed by atoms with van der Waals surface area (Å²) in [6.45, 7) is 3.99. The van der Waals surface area contributed by atoms with Crippen LogP contribution in [0.4, 0.5) is 0 Å². The zero-order valence-corrected chi connectivity index (χ0v) is 17.7. The molecule has 0 bridgehead atoms. The fourth-order valence-corrected chi connectivity index (χ4v) is 3.19. The maximum atomic E-state index is 13.2. The molecule has 0 aliphatic heterocycles. The number of hydrogen-bond donors (Lipinski definition) is 0. The van der Waals surface area contributed by atoms with Gasteiger partial charge < -0.3 is 9.47 Å². The van der Waals surface area contributed by atoms with Crippen LogP contribution >= 0.6 is 0 Å². The van der Waals surface area contributed by atoms with Crippen molar-refractivity contribution in [1.82, 2.24) is 9.66 Å². The molecule has 0 N–H and O–H groups in total. The summed E-state index contributed by atoms with van der Waals surface area (Å²) in [6.07, 6.45) is 0. The van der Waals surface area contributed by atoms with E-state index < -0.39 is 0 Å². The Morgan fingerprint density at radius 2 is 1.65 bits per heavy atom. The van der Waals surface area contributed by atoms with E-state index in [9.17, 15) is 4.79 Å².